The molecule has 118 valence electrons. The second-order valence-electron chi connectivity index (χ2n) is 4.65. The lowest BCUT2D eigenvalue weighted by Gasteiger charge is -2.17. The van der Waals surface area contributed by atoms with Gasteiger partial charge in [-0.1, -0.05) is 53.5 Å². The van der Waals surface area contributed by atoms with Gasteiger partial charge >= 0.3 is 0 Å². The van der Waals surface area contributed by atoms with E-state index in [9.17, 15) is 8.42 Å². The molecule has 0 aromatic heterocycles. The Bertz CT molecular complexity index is 764. The highest BCUT2D eigenvalue weighted by atomic mass is 35.5. The predicted molar refractivity (Wildman–Crippen MR) is 88.2 cm³/mol. The molecule has 0 radical (unpaired) electrons. The number of rotatable bonds is 5. The van der Waals surface area contributed by atoms with E-state index in [1.54, 1.807) is 6.92 Å². The van der Waals surface area contributed by atoms with E-state index in [4.69, 9.17) is 27.9 Å². The highest BCUT2D eigenvalue weighted by Crippen LogP contribution is 2.37. The Kier molecular flexibility index (Phi) is 5.34. The van der Waals surface area contributed by atoms with E-state index in [1.807, 2.05) is 30.3 Å². The molecule has 0 unspecified atom stereocenters. The maximum Gasteiger partial charge on any atom is 0.244 e. The Balaban J connectivity index is 2.38. The zero-order valence-electron chi connectivity index (χ0n) is 12.0. The standard InChI is InChI=1S/C15H15Cl2NO3S/c1-10(11-6-4-3-5-7-11)18-22(19,20)13-9-8-12(16)14(17)15(13)21-2/h3-10,18H,1-2H3/t10-/m0/s1. The van der Waals surface area contributed by atoms with Crippen LogP contribution in [-0.2, 0) is 10.0 Å². The number of ether oxygens (including phenoxy) is 1. The SMILES string of the molecule is COc1c(S(=O)(=O)N[C@@H](C)c2ccccc2)ccc(Cl)c1Cl. The Hall–Kier alpha value is -1.27. The van der Waals surface area contributed by atoms with Crippen molar-refractivity contribution in [2.45, 2.75) is 17.9 Å². The van der Waals surface area contributed by atoms with Crippen LogP contribution in [-0.4, -0.2) is 15.5 Å². The van der Waals surface area contributed by atoms with E-state index < -0.39 is 16.1 Å². The summed E-state index contributed by atoms with van der Waals surface area (Å²) in [5.41, 5.74) is 0.852. The minimum absolute atomic E-state index is 0.0296. The Morgan fingerprint density at radius 1 is 1.09 bits per heavy atom. The maximum atomic E-state index is 12.6. The van der Waals surface area contributed by atoms with E-state index in [0.29, 0.717) is 0 Å². The van der Waals surface area contributed by atoms with Crippen LogP contribution in [0.25, 0.3) is 0 Å². The van der Waals surface area contributed by atoms with Gasteiger partial charge in [-0.05, 0) is 24.6 Å². The van der Waals surface area contributed by atoms with Crippen LogP contribution in [0.5, 0.6) is 5.75 Å². The molecule has 0 bridgehead atoms. The lowest BCUT2D eigenvalue weighted by Crippen LogP contribution is -2.27. The molecular weight excluding hydrogens is 345 g/mol. The van der Waals surface area contributed by atoms with Gasteiger partial charge in [0.1, 0.15) is 9.92 Å². The fraction of sp³-hybridized carbons (Fsp3) is 0.200. The smallest absolute Gasteiger partial charge is 0.244 e. The summed E-state index contributed by atoms with van der Waals surface area (Å²) >= 11 is 11.9. The van der Waals surface area contributed by atoms with Crippen molar-refractivity contribution in [3.8, 4) is 5.75 Å². The highest BCUT2D eigenvalue weighted by molar-refractivity contribution is 7.89. The number of sulfonamides is 1. The third kappa shape index (κ3) is 3.55. The van der Waals surface area contributed by atoms with Crippen LogP contribution >= 0.6 is 23.2 Å². The van der Waals surface area contributed by atoms with E-state index in [-0.39, 0.29) is 20.7 Å². The number of halogens is 2. The average Bonchev–Trinajstić information content (AvgIpc) is 2.50. The van der Waals surface area contributed by atoms with Gasteiger partial charge in [0, 0.05) is 6.04 Å². The summed E-state index contributed by atoms with van der Waals surface area (Å²) in [7, 11) is -2.46. The van der Waals surface area contributed by atoms with Gasteiger partial charge in [0.05, 0.1) is 12.1 Å². The molecule has 2 aromatic rings. The first kappa shape index (κ1) is 17.1. The molecular formula is C15H15Cl2NO3S. The van der Waals surface area contributed by atoms with E-state index in [1.165, 1.54) is 19.2 Å². The van der Waals surface area contributed by atoms with Crippen molar-refractivity contribution in [2.24, 2.45) is 0 Å². The fourth-order valence-electron chi connectivity index (χ4n) is 2.02. The fourth-order valence-corrected chi connectivity index (χ4v) is 3.87. The molecule has 2 aromatic carbocycles. The third-order valence-electron chi connectivity index (χ3n) is 3.14. The van der Waals surface area contributed by atoms with Crippen LogP contribution < -0.4 is 9.46 Å². The third-order valence-corrected chi connectivity index (χ3v) is 5.49. The van der Waals surface area contributed by atoms with Crippen molar-refractivity contribution in [2.75, 3.05) is 7.11 Å². The maximum absolute atomic E-state index is 12.6. The molecule has 0 fully saturated rings. The predicted octanol–water partition coefficient (Wildman–Crippen LogP) is 4.04. The molecule has 2 rings (SSSR count). The molecule has 0 aliphatic carbocycles. The van der Waals surface area contributed by atoms with Crippen molar-refractivity contribution in [1.82, 2.24) is 4.72 Å². The van der Waals surface area contributed by atoms with Crippen molar-refractivity contribution in [3.05, 3.63) is 58.1 Å². The molecule has 0 heterocycles. The van der Waals surface area contributed by atoms with Crippen LogP contribution in [0.4, 0.5) is 0 Å². The first-order valence-corrected chi connectivity index (χ1v) is 8.70. The summed E-state index contributed by atoms with van der Waals surface area (Å²) in [5, 5.41) is 0.299. The van der Waals surface area contributed by atoms with Gasteiger partial charge in [0.15, 0.2) is 5.75 Å². The van der Waals surface area contributed by atoms with Gasteiger partial charge < -0.3 is 4.74 Å². The highest BCUT2D eigenvalue weighted by Gasteiger charge is 2.25. The minimum atomic E-state index is -3.81. The van der Waals surface area contributed by atoms with Crippen LogP contribution in [0.15, 0.2) is 47.4 Å². The van der Waals surface area contributed by atoms with Gasteiger partial charge in [-0.3, -0.25) is 0 Å². The molecule has 0 aliphatic rings. The average molecular weight is 360 g/mol. The first-order valence-electron chi connectivity index (χ1n) is 6.46. The Morgan fingerprint density at radius 2 is 1.73 bits per heavy atom. The molecule has 1 atom stereocenters. The van der Waals surface area contributed by atoms with Gasteiger partial charge in [-0.25, -0.2) is 13.1 Å². The van der Waals surface area contributed by atoms with Crippen molar-refractivity contribution in [1.29, 1.82) is 0 Å². The second-order valence-corrected chi connectivity index (χ2v) is 7.11. The molecule has 0 aliphatic heterocycles. The number of benzene rings is 2. The summed E-state index contributed by atoms with van der Waals surface area (Å²) in [6, 6.07) is 11.7. The van der Waals surface area contributed by atoms with Gasteiger partial charge in [-0.15, -0.1) is 0 Å². The van der Waals surface area contributed by atoms with E-state index >= 15 is 0 Å². The molecule has 7 heteroatoms. The number of hydrogen-bond acceptors (Lipinski definition) is 3. The number of methoxy groups -OCH3 is 1. The molecule has 0 saturated carbocycles. The minimum Gasteiger partial charge on any atom is -0.494 e. The summed E-state index contributed by atoms with van der Waals surface area (Å²) in [4.78, 5) is -0.0489. The summed E-state index contributed by atoms with van der Waals surface area (Å²) < 4.78 is 32.8. The molecule has 4 nitrogen and oxygen atoms in total. The number of hydrogen-bond donors (Lipinski definition) is 1. The Morgan fingerprint density at radius 3 is 2.32 bits per heavy atom. The van der Waals surface area contributed by atoms with Crippen LogP contribution in [0, 0.1) is 0 Å². The molecule has 0 spiro atoms. The summed E-state index contributed by atoms with van der Waals surface area (Å²) in [6.07, 6.45) is 0. The van der Waals surface area contributed by atoms with Crippen molar-refractivity contribution < 1.29 is 13.2 Å². The lowest BCUT2D eigenvalue weighted by molar-refractivity contribution is 0.402. The lowest BCUT2D eigenvalue weighted by atomic mass is 10.1. The molecule has 1 N–H and O–H groups in total. The van der Waals surface area contributed by atoms with Crippen molar-refractivity contribution >= 4 is 33.2 Å². The van der Waals surface area contributed by atoms with E-state index in [0.717, 1.165) is 5.56 Å². The summed E-state index contributed by atoms with van der Waals surface area (Å²) in [5.74, 6) is 0.0296. The van der Waals surface area contributed by atoms with Crippen LogP contribution in [0.3, 0.4) is 0 Å². The van der Waals surface area contributed by atoms with Crippen LogP contribution in [0.2, 0.25) is 10.0 Å². The normalized spacial score (nSPS) is 12.9. The zero-order chi connectivity index (χ0) is 16.3. The zero-order valence-corrected chi connectivity index (χ0v) is 14.3. The number of nitrogens with one attached hydrogen (secondary N) is 1. The quantitative estimate of drug-likeness (QED) is 0.876. The van der Waals surface area contributed by atoms with Crippen molar-refractivity contribution in [3.63, 3.8) is 0 Å². The first-order chi connectivity index (χ1) is 10.4. The summed E-state index contributed by atoms with van der Waals surface area (Å²) in [6.45, 7) is 1.76. The van der Waals surface area contributed by atoms with Gasteiger partial charge in [-0.2, -0.15) is 0 Å². The molecule has 22 heavy (non-hydrogen) atoms. The molecule has 0 amide bonds. The topological polar surface area (TPSA) is 55.4 Å². The second kappa shape index (κ2) is 6.87. The Labute approximate surface area is 140 Å². The monoisotopic (exact) mass is 359 g/mol. The van der Waals surface area contributed by atoms with Gasteiger partial charge in [0.25, 0.3) is 0 Å². The molecule has 0 saturated heterocycles. The van der Waals surface area contributed by atoms with Crippen LogP contribution in [0.1, 0.15) is 18.5 Å². The van der Waals surface area contributed by atoms with Gasteiger partial charge in [0.2, 0.25) is 10.0 Å². The van der Waals surface area contributed by atoms with E-state index in [2.05, 4.69) is 4.72 Å². The largest absolute Gasteiger partial charge is 0.494 e.